The number of ether oxygens (including phenoxy) is 3. The Hall–Kier alpha value is 0.310. The Morgan fingerprint density at radius 3 is 1.27 bits per heavy atom. The van der Waals surface area contributed by atoms with Gasteiger partial charge >= 0.3 is 38.9 Å². The van der Waals surface area contributed by atoms with Gasteiger partial charge in [-0.25, -0.2) is 18.3 Å². The molecule has 7 unspecified atom stereocenters. The standard InChI is InChI=1S/C20H50N3O23P5/c1-21-15-36-9-18(14-47(25,26)27)10-43-48(28,29)39-4-7-42-51(34,35)46-20(12-38-17-23-3)13-44-49(30,31)40-5-6-41-50(32,33)45-19(8-24)11-37-16-22-2/h18-24H,4-17H2,1-3H3,(H,28,29)(H,30,31)(H,32,33)(H,34,35)(H2,25,26,27). The Morgan fingerprint density at radius 2 is 0.863 bits per heavy atom. The number of rotatable bonds is 35. The van der Waals surface area contributed by atoms with Crippen molar-refractivity contribution < 1.29 is 108 Å². The monoisotopic (exact) mass is 855 g/mol. The van der Waals surface area contributed by atoms with Crippen molar-refractivity contribution in [3.8, 4) is 0 Å². The second kappa shape index (κ2) is 27.0. The molecule has 0 rings (SSSR count). The van der Waals surface area contributed by atoms with Crippen molar-refractivity contribution in [2.24, 2.45) is 5.92 Å². The van der Waals surface area contributed by atoms with Crippen LogP contribution in [-0.4, -0.2) is 160 Å². The zero-order valence-corrected chi connectivity index (χ0v) is 32.5. The topological polar surface area (TPSA) is 365 Å². The molecule has 0 fully saturated rings. The third-order valence-corrected chi connectivity index (χ3v) is 10.2. The third-order valence-electron chi connectivity index (χ3n) is 5.05. The van der Waals surface area contributed by atoms with Gasteiger partial charge in [0.1, 0.15) is 12.2 Å². The van der Waals surface area contributed by atoms with E-state index in [1.165, 1.54) is 7.05 Å². The number of nitrogens with one attached hydrogen (secondary N) is 3. The van der Waals surface area contributed by atoms with Gasteiger partial charge in [0.25, 0.3) is 0 Å². The molecule has 0 aliphatic carbocycles. The van der Waals surface area contributed by atoms with E-state index in [0.29, 0.717) is 0 Å². The first kappa shape index (κ1) is 51.3. The van der Waals surface area contributed by atoms with Crippen molar-refractivity contribution in [1.82, 2.24) is 16.0 Å². The first-order valence-electron chi connectivity index (χ1n) is 14.6. The molecule has 0 saturated heterocycles. The molecule has 31 heteroatoms. The van der Waals surface area contributed by atoms with Crippen LogP contribution < -0.4 is 16.0 Å². The highest BCUT2D eigenvalue weighted by molar-refractivity contribution is 7.51. The molecule has 308 valence electrons. The predicted molar refractivity (Wildman–Crippen MR) is 172 cm³/mol. The molecule has 0 aromatic rings. The average molecular weight is 855 g/mol. The van der Waals surface area contributed by atoms with Crippen LogP contribution in [0.25, 0.3) is 0 Å². The highest BCUT2D eigenvalue weighted by atomic mass is 31.2. The van der Waals surface area contributed by atoms with Crippen LogP contribution >= 0.6 is 38.9 Å². The van der Waals surface area contributed by atoms with Gasteiger partial charge < -0.3 is 48.7 Å². The maximum absolute atomic E-state index is 12.5. The number of phosphoric ester groups is 4. The number of hydrogen-bond donors (Lipinski definition) is 10. The van der Waals surface area contributed by atoms with Gasteiger partial charge in [-0.2, -0.15) is 0 Å². The quantitative estimate of drug-likeness (QED) is 0.0200. The second-order valence-corrected chi connectivity index (χ2v) is 17.2. The molecule has 0 aromatic heterocycles. The summed E-state index contributed by atoms with van der Waals surface area (Å²) < 4.78 is 113. The number of aliphatic hydroxyl groups is 1. The van der Waals surface area contributed by atoms with Crippen molar-refractivity contribution in [2.75, 3.05) is 114 Å². The minimum Gasteiger partial charge on any atom is -0.394 e. The van der Waals surface area contributed by atoms with Gasteiger partial charge in [-0.05, 0) is 21.1 Å². The van der Waals surface area contributed by atoms with E-state index in [4.69, 9.17) is 32.3 Å². The smallest absolute Gasteiger partial charge is 0.394 e. The predicted octanol–water partition coefficient (Wildman–Crippen LogP) is -1.38. The van der Waals surface area contributed by atoms with Gasteiger partial charge in [0, 0.05) is 5.92 Å². The molecule has 0 spiro atoms. The fraction of sp³-hybridized carbons (Fsp3) is 1.00. The lowest BCUT2D eigenvalue weighted by molar-refractivity contribution is -0.0112. The number of hydrogen-bond acceptors (Lipinski definition) is 20. The molecule has 7 atom stereocenters. The molecule has 10 N–H and O–H groups in total. The molecular weight excluding hydrogens is 805 g/mol. The lowest BCUT2D eigenvalue weighted by Gasteiger charge is -2.22. The van der Waals surface area contributed by atoms with Crippen molar-refractivity contribution in [2.45, 2.75) is 12.2 Å². The summed E-state index contributed by atoms with van der Waals surface area (Å²) in [5.41, 5.74) is 0. The van der Waals surface area contributed by atoms with E-state index < -0.39 is 116 Å². The molecule has 51 heavy (non-hydrogen) atoms. The number of aliphatic hydroxyl groups excluding tert-OH is 1. The number of phosphoric acid groups is 4. The van der Waals surface area contributed by atoms with E-state index in [-0.39, 0.29) is 33.4 Å². The maximum Gasteiger partial charge on any atom is 0.472 e. The van der Waals surface area contributed by atoms with Crippen LogP contribution in [0.3, 0.4) is 0 Å². The third kappa shape index (κ3) is 30.2. The van der Waals surface area contributed by atoms with Crippen LogP contribution in [0.5, 0.6) is 0 Å². The van der Waals surface area contributed by atoms with Crippen LogP contribution in [0.2, 0.25) is 0 Å². The summed E-state index contributed by atoms with van der Waals surface area (Å²) in [6.07, 6.45) is -3.50. The van der Waals surface area contributed by atoms with Crippen LogP contribution in [0.1, 0.15) is 0 Å². The normalized spacial score (nSPS) is 19.0. The van der Waals surface area contributed by atoms with Gasteiger partial charge in [0.15, 0.2) is 0 Å². The molecule has 0 radical (unpaired) electrons. The molecule has 0 bridgehead atoms. The Bertz CT molecular complexity index is 1170. The van der Waals surface area contributed by atoms with Crippen LogP contribution in [-0.2, 0) is 73.2 Å². The second-order valence-electron chi connectivity index (χ2n) is 9.76. The Kier molecular flexibility index (Phi) is 27.2. The molecule has 0 aromatic carbocycles. The van der Waals surface area contributed by atoms with Gasteiger partial charge in [-0.1, -0.05) is 0 Å². The van der Waals surface area contributed by atoms with Gasteiger partial charge in [0.05, 0.1) is 92.4 Å². The van der Waals surface area contributed by atoms with Gasteiger partial charge in [-0.15, -0.1) is 0 Å². The Labute approximate surface area is 294 Å². The molecule has 26 nitrogen and oxygen atoms in total. The first-order valence-corrected chi connectivity index (χ1v) is 22.3. The van der Waals surface area contributed by atoms with E-state index in [2.05, 4.69) is 34.0 Å². The van der Waals surface area contributed by atoms with Crippen molar-refractivity contribution in [3.63, 3.8) is 0 Å². The Balaban J connectivity index is 4.89. The fourth-order valence-electron chi connectivity index (χ4n) is 3.13. The Morgan fingerprint density at radius 1 is 0.490 bits per heavy atom. The molecule has 0 aliphatic rings. The molecule has 0 heterocycles. The summed E-state index contributed by atoms with van der Waals surface area (Å²) >= 11 is 0. The summed E-state index contributed by atoms with van der Waals surface area (Å²) in [7, 11) is -19.4. The van der Waals surface area contributed by atoms with E-state index >= 15 is 0 Å². The largest absolute Gasteiger partial charge is 0.472 e. The van der Waals surface area contributed by atoms with Crippen LogP contribution in [0.4, 0.5) is 0 Å². The summed E-state index contributed by atoms with van der Waals surface area (Å²) in [5.74, 6) is -0.999. The lowest BCUT2D eigenvalue weighted by atomic mass is 10.2. The SMILES string of the molecule is CNCOCC(COP(=O)(O)OCCOP(=O)(O)OC(COCNC)COP(=O)(O)OCCOP(=O)(O)OC(CO)COCNC)CP(=O)(O)O. The summed E-state index contributed by atoms with van der Waals surface area (Å²) in [6.45, 7) is -6.42. The minimum atomic E-state index is -5.02. The average Bonchev–Trinajstić information content (AvgIpc) is 3.02. The van der Waals surface area contributed by atoms with Gasteiger partial charge in [0.2, 0.25) is 0 Å². The lowest BCUT2D eigenvalue weighted by Crippen LogP contribution is -2.27. The molecule has 0 aliphatic heterocycles. The molecule has 0 saturated carbocycles. The van der Waals surface area contributed by atoms with Gasteiger partial charge in [-0.3, -0.25) is 56.7 Å². The summed E-state index contributed by atoms with van der Waals surface area (Å²) in [4.78, 5) is 58.0. The van der Waals surface area contributed by atoms with Crippen molar-refractivity contribution in [1.29, 1.82) is 0 Å². The van der Waals surface area contributed by atoms with Crippen LogP contribution in [0, 0.1) is 5.92 Å². The molecular formula is C20H50N3O23P5. The van der Waals surface area contributed by atoms with E-state index in [1.54, 1.807) is 14.1 Å². The van der Waals surface area contributed by atoms with E-state index in [1.807, 2.05) is 0 Å². The zero-order chi connectivity index (χ0) is 39.0. The summed E-state index contributed by atoms with van der Waals surface area (Å²) in [6, 6.07) is 0. The van der Waals surface area contributed by atoms with Crippen LogP contribution in [0.15, 0.2) is 0 Å². The zero-order valence-electron chi connectivity index (χ0n) is 28.0. The minimum absolute atomic E-state index is 0.0258. The van der Waals surface area contributed by atoms with E-state index in [0.717, 1.165) is 0 Å². The maximum atomic E-state index is 12.5. The summed E-state index contributed by atoms with van der Waals surface area (Å²) in [5, 5.41) is 17.1. The fourth-order valence-corrected chi connectivity index (χ4v) is 7.26. The van der Waals surface area contributed by atoms with Crippen molar-refractivity contribution >= 4 is 38.9 Å². The van der Waals surface area contributed by atoms with Crippen molar-refractivity contribution in [3.05, 3.63) is 0 Å². The van der Waals surface area contributed by atoms with E-state index in [9.17, 15) is 57.3 Å². The first-order chi connectivity index (χ1) is 23.7. The highest BCUT2D eigenvalue weighted by Gasteiger charge is 2.33. The highest BCUT2D eigenvalue weighted by Crippen LogP contribution is 2.49. The molecule has 0 amide bonds.